The van der Waals surface area contributed by atoms with Gasteiger partial charge in [-0.1, -0.05) is 15.9 Å². The van der Waals surface area contributed by atoms with Gasteiger partial charge in [0.2, 0.25) is 0 Å². The van der Waals surface area contributed by atoms with E-state index in [0.717, 1.165) is 15.4 Å². The van der Waals surface area contributed by atoms with Crippen molar-refractivity contribution in [1.82, 2.24) is 9.78 Å². The highest BCUT2D eigenvalue weighted by Gasteiger charge is 2.05. The maximum atomic E-state index is 4.21. The molecule has 2 nitrogen and oxygen atoms in total. The molecule has 1 heterocycles. The monoisotopic (exact) mass is 237 g/mol. The van der Waals surface area contributed by atoms with Gasteiger partial charge in [0.15, 0.2) is 0 Å². The smallest absolute Gasteiger partial charge is 0.121 e. The van der Waals surface area contributed by atoms with Crippen LogP contribution in [0.3, 0.4) is 0 Å². The molecule has 0 bridgehead atoms. The molecule has 0 saturated carbocycles. The van der Waals surface area contributed by atoms with E-state index in [0.29, 0.717) is 6.04 Å². The first-order valence-electron chi connectivity index (χ1n) is 4.24. The van der Waals surface area contributed by atoms with Gasteiger partial charge in [0.05, 0.1) is 5.52 Å². The Hall–Kier alpha value is -0.830. The van der Waals surface area contributed by atoms with Crippen LogP contribution in [0.1, 0.15) is 19.9 Å². The summed E-state index contributed by atoms with van der Waals surface area (Å²) < 4.78 is 3.04. The zero-order valence-corrected chi connectivity index (χ0v) is 9.17. The van der Waals surface area contributed by atoms with Crippen molar-refractivity contribution in [3.8, 4) is 0 Å². The van der Waals surface area contributed by atoms with Crippen LogP contribution in [-0.2, 0) is 0 Å². The quantitative estimate of drug-likeness (QED) is 0.746. The number of nitrogens with zero attached hydrogens (tertiary/aromatic N) is 2. The van der Waals surface area contributed by atoms with Crippen LogP contribution in [0.25, 0.3) is 10.9 Å². The lowest BCUT2D eigenvalue weighted by Gasteiger charge is -2.06. The van der Waals surface area contributed by atoms with Crippen molar-refractivity contribution in [2.45, 2.75) is 19.9 Å². The van der Waals surface area contributed by atoms with E-state index in [9.17, 15) is 0 Å². The largest absolute Gasteiger partial charge is 0.262 e. The number of hydrogen-bond donors (Lipinski definition) is 0. The molecule has 0 aliphatic rings. The summed E-state index contributed by atoms with van der Waals surface area (Å²) in [6, 6.07) is 6.50. The molecule has 3 heteroatoms. The number of halogens is 1. The fourth-order valence-corrected chi connectivity index (χ4v) is 1.71. The maximum Gasteiger partial charge on any atom is 0.121 e. The zero-order valence-electron chi connectivity index (χ0n) is 7.58. The molecule has 2 aromatic rings. The van der Waals surface area contributed by atoms with E-state index in [1.165, 1.54) is 0 Å². The lowest BCUT2D eigenvalue weighted by atomic mass is 10.2. The van der Waals surface area contributed by atoms with Gasteiger partial charge in [-0.2, -0.15) is 5.10 Å². The van der Waals surface area contributed by atoms with E-state index in [1.807, 2.05) is 16.8 Å². The van der Waals surface area contributed by atoms with Gasteiger partial charge in [-0.15, -0.1) is 0 Å². The van der Waals surface area contributed by atoms with E-state index >= 15 is 0 Å². The standard InChI is InChI=1S/C10H10BrN2/c1-7(2)13-10-4-3-9(11)5-8(10)6-12-13/h3-5,7H,1-2H3. The van der Waals surface area contributed by atoms with Gasteiger partial charge < -0.3 is 0 Å². The second-order valence-corrected chi connectivity index (χ2v) is 4.23. The lowest BCUT2D eigenvalue weighted by molar-refractivity contribution is 0.550. The third-order valence-corrected chi connectivity index (χ3v) is 2.47. The third-order valence-electron chi connectivity index (χ3n) is 1.97. The number of benzene rings is 1. The van der Waals surface area contributed by atoms with Crippen LogP contribution in [0, 0.1) is 6.20 Å². The van der Waals surface area contributed by atoms with Crippen LogP contribution in [0.15, 0.2) is 22.7 Å². The Morgan fingerprint density at radius 1 is 1.46 bits per heavy atom. The van der Waals surface area contributed by atoms with E-state index in [-0.39, 0.29) is 0 Å². The number of hydrogen-bond acceptors (Lipinski definition) is 1. The van der Waals surface area contributed by atoms with Crippen molar-refractivity contribution in [2.75, 3.05) is 0 Å². The summed E-state index contributed by atoms with van der Waals surface area (Å²) in [7, 11) is 0. The Morgan fingerprint density at radius 3 is 2.92 bits per heavy atom. The van der Waals surface area contributed by atoms with Crippen molar-refractivity contribution in [2.24, 2.45) is 0 Å². The molecule has 0 atom stereocenters. The Balaban J connectivity index is 2.69. The molecule has 67 valence electrons. The first-order chi connectivity index (χ1) is 6.18. The molecular formula is C10H10BrN2. The van der Waals surface area contributed by atoms with Gasteiger partial charge in [0.25, 0.3) is 0 Å². The summed E-state index contributed by atoms with van der Waals surface area (Å²) in [5.74, 6) is 0. The molecule has 0 N–H and O–H groups in total. The second kappa shape index (κ2) is 3.14. The fraction of sp³-hybridized carbons (Fsp3) is 0.300. The summed E-state index contributed by atoms with van der Waals surface area (Å²) in [6.45, 7) is 4.23. The highest BCUT2D eigenvalue weighted by molar-refractivity contribution is 9.10. The fourth-order valence-electron chi connectivity index (χ4n) is 1.35. The van der Waals surface area contributed by atoms with Gasteiger partial charge in [-0.25, -0.2) is 0 Å². The molecule has 1 aromatic carbocycles. The van der Waals surface area contributed by atoms with Crippen LogP contribution in [0.5, 0.6) is 0 Å². The van der Waals surface area contributed by atoms with Crippen LogP contribution < -0.4 is 0 Å². The molecule has 0 aliphatic carbocycles. The molecular weight excluding hydrogens is 228 g/mol. The van der Waals surface area contributed by atoms with E-state index in [2.05, 4.69) is 47.1 Å². The first kappa shape index (κ1) is 8.75. The minimum Gasteiger partial charge on any atom is -0.262 e. The Morgan fingerprint density at radius 2 is 2.23 bits per heavy atom. The summed E-state index contributed by atoms with van der Waals surface area (Å²) >= 11 is 3.42. The van der Waals surface area contributed by atoms with Crippen molar-refractivity contribution >= 4 is 26.8 Å². The van der Waals surface area contributed by atoms with Crippen LogP contribution in [0.2, 0.25) is 0 Å². The molecule has 1 radical (unpaired) electrons. The van der Waals surface area contributed by atoms with E-state index in [4.69, 9.17) is 0 Å². The minimum absolute atomic E-state index is 0.384. The summed E-state index contributed by atoms with van der Waals surface area (Å²) in [5.41, 5.74) is 1.14. The molecule has 0 unspecified atom stereocenters. The normalized spacial score (nSPS) is 11.4. The molecule has 0 amide bonds. The van der Waals surface area contributed by atoms with Crippen LogP contribution >= 0.6 is 15.9 Å². The van der Waals surface area contributed by atoms with Crippen molar-refractivity contribution < 1.29 is 0 Å². The first-order valence-corrected chi connectivity index (χ1v) is 5.03. The van der Waals surface area contributed by atoms with Gasteiger partial charge in [-0.3, -0.25) is 4.68 Å². The molecule has 0 saturated heterocycles. The predicted octanol–water partition coefficient (Wildman–Crippen LogP) is 3.18. The topological polar surface area (TPSA) is 17.8 Å². The van der Waals surface area contributed by atoms with Gasteiger partial charge in [0, 0.05) is 15.9 Å². The highest BCUT2D eigenvalue weighted by atomic mass is 79.9. The highest BCUT2D eigenvalue weighted by Crippen LogP contribution is 2.21. The molecule has 13 heavy (non-hydrogen) atoms. The molecule has 1 aromatic heterocycles. The Labute approximate surface area is 85.7 Å². The van der Waals surface area contributed by atoms with Crippen LogP contribution in [0.4, 0.5) is 0 Å². The van der Waals surface area contributed by atoms with Crippen molar-refractivity contribution in [3.05, 3.63) is 28.9 Å². The van der Waals surface area contributed by atoms with E-state index in [1.54, 1.807) is 0 Å². The Kier molecular flexibility index (Phi) is 2.12. The number of aromatic nitrogens is 2. The van der Waals surface area contributed by atoms with Gasteiger partial charge in [-0.05, 0) is 32.0 Å². The van der Waals surface area contributed by atoms with E-state index < -0.39 is 0 Å². The summed E-state index contributed by atoms with van der Waals surface area (Å²) in [4.78, 5) is 0. The van der Waals surface area contributed by atoms with Gasteiger partial charge in [0.1, 0.15) is 6.20 Å². The minimum atomic E-state index is 0.384. The average Bonchev–Trinajstić information content (AvgIpc) is 2.46. The zero-order chi connectivity index (χ0) is 9.42. The second-order valence-electron chi connectivity index (χ2n) is 3.31. The molecule has 0 fully saturated rings. The van der Waals surface area contributed by atoms with Gasteiger partial charge >= 0.3 is 0 Å². The number of rotatable bonds is 1. The average molecular weight is 238 g/mol. The maximum absolute atomic E-state index is 4.21. The number of fused-ring (bicyclic) bond motifs is 1. The molecule has 2 rings (SSSR count). The SMILES string of the molecule is CC(C)n1n[c]c2cc(Br)ccc21. The predicted molar refractivity (Wildman–Crippen MR) is 56.7 cm³/mol. The molecule has 0 aliphatic heterocycles. The van der Waals surface area contributed by atoms with Crippen molar-refractivity contribution in [1.29, 1.82) is 0 Å². The van der Waals surface area contributed by atoms with Crippen molar-refractivity contribution in [3.63, 3.8) is 0 Å². The lowest BCUT2D eigenvalue weighted by Crippen LogP contribution is -2.01. The van der Waals surface area contributed by atoms with Crippen LogP contribution in [-0.4, -0.2) is 9.78 Å². The third kappa shape index (κ3) is 1.48. The molecule has 0 spiro atoms. The summed E-state index contributed by atoms with van der Waals surface area (Å²) in [5, 5.41) is 5.27. The summed E-state index contributed by atoms with van der Waals surface area (Å²) in [6.07, 6.45) is 2.99. The Bertz CT molecular complexity index is 431.